The van der Waals surface area contributed by atoms with Crippen molar-refractivity contribution in [1.82, 2.24) is 39.9 Å². The van der Waals surface area contributed by atoms with Crippen LogP contribution in [0.3, 0.4) is 0 Å². The van der Waals surface area contributed by atoms with Gasteiger partial charge in [-0.25, -0.2) is 19.2 Å². The summed E-state index contributed by atoms with van der Waals surface area (Å²) in [6.07, 6.45) is 0. The van der Waals surface area contributed by atoms with Crippen LogP contribution >= 0.6 is 0 Å². The summed E-state index contributed by atoms with van der Waals surface area (Å²) in [6.45, 7) is 0. The van der Waals surface area contributed by atoms with Crippen molar-refractivity contribution in [2.45, 2.75) is 11.8 Å². The van der Waals surface area contributed by atoms with Gasteiger partial charge in [-0.2, -0.15) is 0 Å². The van der Waals surface area contributed by atoms with Gasteiger partial charge in [0, 0.05) is 0 Å². The van der Waals surface area contributed by atoms with Crippen LogP contribution in [-0.4, -0.2) is 39.9 Å². The van der Waals surface area contributed by atoms with E-state index in [1.54, 1.807) is 0 Å². The largest absolute Gasteiger partial charge is 0.327 e. The molecule has 2 aliphatic rings. The zero-order valence-electron chi connectivity index (χ0n) is 20.7. The number of aromatic amines is 8. The van der Waals surface area contributed by atoms with E-state index in [2.05, 4.69) is 50.5 Å². The molecule has 210 valence electrons. The number of benzene rings is 1. The molecule has 0 unspecified atom stereocenters. The average molecular weight is 572 g/mol. The van der Waals surface area contributed by atoms with Gasteiger partial charge in [-0.05, 0) is 11.1 Å². The van der Waals surface area contributed by atoms with E-state index in [1.807, 2.05) is 0 Å². The molecular formula is C24H16N10O8. The second kappa shape index (κ2) is 8.52. The van der Waals surface area contributed by atoms with Crippen LogP contribution in [-0.2, 0) is 0 Å². The summed E-state index contributed by atoms with van der Waals surface area (Å²) in [5, 5.41) is 5.44. The van der Waals surface area contributed by atoms with E-state index >= 15 is 0 Å². The molecule has 0 spiro atoms. The minimum Gasteiger partial charge on any atom is -0.327 e. The van der Waals surface area contributed by atoms with Crippen molar-refractivity contribution in [2.75, 3.05) is 10.6 Å². The fourth-order valence-corrected chi connectivity index (χ4v) is 5.57. The van der Waals surface area contributed by atoms with Crippen LogP contribution in [0.25, 0.3) is 0 Å². The Hall–Kier alpha value is -6.46. The minimum absolute atomic E-state index is 0.00649. The Morgan fingerprint density at radius 2 is 0.595 bits per heavy atom. The molecule has 0 saturated carbocycles. The number of fused-ring (bicyclic) bond motifs is 4. The van der Waals surface area contributed by atoms with Gasteiger partial charge in [0.05, 0.1) is 34.1 Å². The Bertz CT molecular complexity index is 2130. The summed E-state index contributed by atoms with van der Waals surface area (Å²) in [5.41, 5.74) is -5.65. The second-order valence-corrected chi connectivity index (χ2v) is 9.57. The molecular weight excluding hydrogens is 556 g/mol. The van der Waals surface area contributed by atoms with Gasteiger partial charge in [0.15, 0.2) is 0 Å². The first-order chi connectivity index (χ1) is 20.1. The first-order valence-electron chi connectivity index (χ1n) is 12.2. The Kier molecular flexibility index (Phi) is 4.98. The minimum atomic E-state index is -1.07. The van der Waals surface area contributed by atoms with Crippen molar-refractivity contribution in [3.05, 3.63) is 141 Å². The smallest absolute Gasteiger partial charge is 0.327 e. The Balaban J connectivity index is 1.45. The average Bonchev–Trinajstić information content (AvgIpc) is 2.90. The van der Waals surface area contributed by atoms with Crippen molar-refractivity contribution in [3.8, 4) is 0 Å². The number of H-pyrrole nitrogens is 8. The summed E-state index contributed by atoms with van der Waals surface area (Å²) >= 11 is 0. The third kappa shape index (κ3) is 3.58. The lowest BCUT2D eigenvalue weighted by Gasteiger charge is -2.28. The van der Waals surface area contributed by atoms with Crippen LogP contribution in [0.2, 0.25) is 0 Å². The van der Waals surface area contributed by atoms with Crippen molar-refractivity contribution < 1.29 is 0 Å². The maximum atomic E-state index is 12.9. The van der Waals surface area contributed by atoms with Crippen molar-refractivity contribution in [2.24, 2.45) is 0 Å². The van der Waals surface area contributed by atoms with E-state index in [1.165, 1.54) is 24.3 Å². The van der Waals surface area contributed by atoms with Crippen molar-refractivity contribution in [3.63, 3.8) is 0 Å². The zero-order valence-corrected chi connectivity index (χ0v) is 20.7. The molecule has 0 fully saturated rings. The van der Waals surface area contributed by atoms with E-state index in [0.717, 1.165) is 0 Å². The third-order valence-corrected chi connectivity index (χ3v) is 7.18. The fraction of sp³-hybridized carbons (Fsp3) is 0.0833. The first-order valence-corrected chi connectivity index (χ1v) is 12.2. The normalized spacial score (nSPS) is 13.7. The SMILES string of the molecule is O=c1[nH]c2c(c(=O)[nH]1)C(c1ccc(C3c4c([nH]c(=O)[nH]c4=O)Nc4[nH]c(=O)[nH]c(=O)c43)cc1)c1c([nH]c(=O)[nH]c1=O)N2. The molecule has 10 N–H and O–H groups in total. The van der Waals surface area contributed by atoms with E-state index in [-0.39, 0.29) is 45.5 Å². The van der Waals surface area contributed by atoms with Gasteiger partial charge in [-0.1, -0.05) is 24.3 Å². The fourth-order valence-electron chi connectivity index (χ4n) is 5.57. The van der Waals surface area contributed by atoms with E-state index in [0.29, 0.717) is 11.1 Å². The highest BCUT2D eigenvalue weighted by Crippen LogP contribution is 2.42. The van der Waals surface area contributed by atoms with Crippen LogP contribution < -0.4 is 55.6 Å². The molecule has 1 aromatic carbocycles. The van der Waals surface area contributed by atoms with Gasteiger partial charge in [0.25, 0.3) is 22.2 Å². The molecule has 4 aromatic heterocycles. The van der Waals surface area contributed by atoms with Gasteiger partial charge in [0.1, 0.15) is 23.3 Å². The van der Waals surface area contributed by atoms with Crippen molar-refractivity contribution >= 4 is 23.3 Å². The lowest BCUT2D eigenvalue weighted by Crippen LogP contribution is -2.37. The summed E-state index contributed by atoms with van der Waals surface area (Å²) in [7, 11) is 0. The molecule has 0 bridgehead atoms. The number of rotatable bonds is 2. The van der Waals surface area contributed by atoms with Crippen LogP contribution in [0.5, 0.6) is 0 Å². The lowest BCUT2D eigenvalue weighted by molar-refractivity contribution is 0.833. The predicted molar refractivity (Wildman–Crippen MR) is 146 cm³/mol. The quantitative estimate of drug-likeness (QED) is 0.105. The molecule has 0 saturated heterocycles. The highest BCUT2D eigenvalue weighted by molar-refractivity contribution is 5.71. The van der Waals surface area contributed by atoms with E-state index in [9.17, 15) is 38.4 Å². The predicted octanol–water partition coefficient (Wildman–Crippen LogP) is -2.33. The summed E-state index contributed by atoms with van der Waals surface area (Å²) < 4.78 is 0. The number of anilines is 4. The maximum Gasteiger partial charge on any atom is 0.327 e. The molecule has 0 aliphatic carbocycles. The topological polar surface area (TPSA) is 287 Å². The van der Waals surface area contributed by atoms with Crippen LogP contribution in [0, 0.1) is 0 Å². The molecule has 18 nitrogen and oxygen atoms in total. The molecule has 5 aromatic rings. The summed E-state index contributed by atoms with van der Waals surface area (Å²) in [5.74, 6) is -2.26. The maximum absolute atomic E-state index is 12.9. The highest BCUT2D eigenvalue weighted by Gasteiger charge is 2.36. The van der Waals surface area contributed by atoms with Gasteiger partial charge >= 0.3 is 22.8 Å². The first kappa shape index (κ1) is 24.6. The number of hydrogen-bond donors (Lipinski definition) is 10. The number of aromatic nitrogens is 8. The van der Waals surface area contributed by atoms with Gasteiger partial charge in [0.2, 0.25) is 0 Å². The Morgan fingerprint density at radius 3 is 0.833 bits per heavy atom. The molecule has 18 heteroatoms. The monoisotopic (exact) mass is 572 g/mol. The third-order valence-electron chi connectivity index (χ3n) is 7.18. The van der Waals surface area contributed by atoms with Crippen LogP contribution in [0.4, 0.5) is 23.3 Å². The van der Waals surface area contributed by atoms with Crippen LogP contribution in [0.15, 0.2) is 62.6 Å². The zero-order chi connectivity index (χ0) is 29.4. The number of hydrogen-bond acceptors (Lipinski definition) is 10. The molecule has 0 amide bonds. The summed E-state index contributed by atoms with van der Waals surface area (Å²) in [6, 6.07) is 6.15. The standard InChI is InChI=1S/C24H16N10O8/c35-17-9-7(10-14(28-22(40)32-18(10)36)25-13(9)27-21(39)31-17)5-1-2-6(4-3-5)8-11-15(29-23(41)33-19(11)37)26-16-12(8)20(38)34-24(42)30-16/h1-4,7-8H,(H5,25,27,28,31,32,35,36,39,40)(H5,26,29,30,33,34,37,38,41,42). The van der Waals surface area contributed by atoms with E-state index in [4.69, 9.17) is 0 Å². The molecule has 0 radical (unpaired) electrons. The van der Waals surface area contributed by atoms with Gasteiger partial charge < -0.3 is 10.6 Å². The Labute approximate surface area is 227 Å². The van der Waals surface area contributed by atoms with E-state index < -0.39 is 56.8 Å². The van der Waals surface area contributed by atoms with Crippen LogP contribution in [0.1, 0.15) is 45.2 Å². The Morgan fingerprint density at radius 1 is 0.357 bits per heavy atom. The van der Waals surface area contributed by atoms with Crippen molar-refractivity contribution in [1.29, 1.82) is 0 Å². The summed E-state index contributed by atoms with van der Waals surface area (Å²) in [4.78, 5) is 118. The molecule has 0 atom stereocenters. The molecule has 42 heavy (non-hydrogen) atoms. The second-order valence-electron chi connectivity index (χ2n) is 9.57. The molecule has 2 aliphatic heterocycles. The molecule has 7 rings (SSSR count). The number of nitrogens with one attached hydrogen (secondary N) is 10. The van der Waals surface area contributed by atoms with Gasteiger partial charge in [-0.3, -0.25) is 59.0 Å². The van der Waals surface area contributed by atoms with Gasteiger partial charge in [-0.15, -0.1) is 0 Å². The highest BCUT2D eigenvalue weighted by atomic mass is 16.2. The molecule has 6 heterocycles. The lowest BCUT2D eigenvalue weighted by atomic mass is 9.81.